The van der Waals surface area contributed by atoms with Crippen LogP contribution in [-0.2, 0) is 15.5 Å². The first-order valence-electron chi connectivity index (χ1n) is 8.68. The molecule has 3 rings (SSSR count). The highest BCUT2D eigenvalue weighted by Crippen LogP contribution is 2.37. The summed E-state index contributed by atoms with van der Waals surface area (Å²) < 4.78 is 56.1. The third-order valence-corrected chi connectivity index (χ3v) is 5.04. The largest absolute Gasteiger partial charge is 0.494 e. The third kappa shape index (κ3) is 3.86. The Morgan fingerprint density at radius 2 is 1.64 bits per heavy atom. The number of halogens is 3. The van der Waals surface area contributed by atoms with Crippen LogP contribution in [0.2, 0.25) is 0 Å². The number of alkyl halides is 3. The molecule has 0 bridgehead atoms. The van der Waals surface area contributed by atoms with E-state index in [4.69, 9.17) is 14.0 Å². The minimum Gasteiger partial charge on any atom is -0.456 e. The van der Waals surface area contributed by atoms with Crippen LogP contribution in [0.15, 0.2) is 42.5 Å². The number of nitriles is 1. The summed E-state index contributed by atoms with van der Waals surface area (Å²) in [5, 5.41) is 9.46. The van der Waals surface area contributed by atoms with Crippen LogP contribution in [0.1, 0.15) is 38.8 Å². The minimum atomic E-state index is -4.47. The molecule has 0 radical (unpaired) electrons. The SMILES string of the molecule is CC1(C)OB(c2ccc(Oc3cccc(C(F)(F)F)c3)c(C#N)c2)OC1(C)C. The molecule has 1 aliphatic rings. The van der Waals surface area contributed by atoms with Gasteiger partial charge in [0.2, 0.25) is 0 Å². The molecular formula is C20H19BF3NO3. The van der Waals surface area contributed by atoms with Gasteiger partial charge >= 0.3 is 13.3 Å². The van der Waals surface area contributed by atoms with Crippen LogP contribution < -0.4 is 10.2 Å². The van der Waals surface area contributed by atoms with Gasteiger partial charge in [-0.1, -0.05) is 12.1 Å². The quantitative estimate of drug-likeness (QED) is 0.716. The Morgan fingerprint density at radius 3 is 2.21 bits per heavy atom. The molecule has 146 valence electrons. The summed E-state index contributed by atoms with van der Waals surface area (Å²) in [6, 6.07) is 11.3. The predicted molar refractivity (Wildman–Crippen MR) is 98.4 cm³/mol. The molecule has 2 aromatic carbocycles. The molecule has 1 aliphatic heterocycles. The number of nitrogens with zero attached hydrogens (tertiary/aromatic N) is 1. The van der Waals surface area contributed by atoms with Crippen molar-refractivity contribution in [3.63, 3.8) is 0 Å². The van der Waals surface area contributed by atoms with Crippen LogP contribution in [-0.4, -0.2) is 18.3 Å². The van der Waals surface area contributed by atoms with Gasteiger partial charge < -0.3 is 14.0 Å². The van der Waals surface area contributed by atoms with Crippen LogP contribution >= 0.6 is 0 Å². The Bertz CT molecular complexity index is 919. The van der Waals surface area contributed by atoms with Gasteiger partial charge in [0.15, 0.2) is 0 Å². The van der Waals surface area contributed by atoms with Crippen molar-refractivity contribution in [3.05, 3.63) is 53.6 Å². The summed E-state index contributed by atoms with van der Waals surface area (Å²) in [7, 11) is -0.653. The second-order valence-corrected chi connectivity index (χ2v) is 7.58. The summed E-state index contributed by atoms with van der Waals surface area (Å²) in [5.74, 6) is 0.150. The normalized spacial score (nSPS) is 18.0. The Morgan fingerprint density at radius 1 is 1.00 bits per heavy atom. The van der Waals surface area contributed by atoms with Gasteiger partial charge in [0.1, 0.15) is 17.6 Å². The lowest BCUT2D eigenvalue weighted by Crippen LogP contribution is -2.41. The van der Waals surface area contributed by atoms with Crippen molar-refractivity contribution in [2.24, 2.45) is 0 Å². The maximum atomic E-state index is 12.9. The summed E-state index contributed by atoms with van der Waals surface area (Å²) in [5.41, 5.74) is -1.08. The molecule has 28 heavy (non-hydrogen) atoms. The molecule has 0 atom stereocenters. The molecule has 2 aromatic rings. The maximum absolute atomic E-state index is 12.9. The maximum Gasteiger partial charge on any atom is 0.494 e. The molecule has 0 unspecified atom stereocenters. The van der Waals surface area contributed by atoms with E-state index in [0.29, 0.717) is 5.46 Å². The van der Waals surface area contributed by atoms with E-state index in [2.05, 4.69) is 0 Å². The lowest BCUT2D eigenvalue weighted by molar-refractivity contribution is -0.137. The highest BCUT2D eigenvalue weighted by molar-refractivity contribution is 6.62. The fourth-order valence-corrected chi connectivity index (χ4v) is 2.71. The minimum absolute atomic E-state index is 0.00490. The second kappa shape index (κ2) is 6.84. The fourth-order valence-electron chi connectivity index (χ4n) is 2.71. The van der Waals surface area contributed by atoms with E-state index in [1.54, 1.807) is 12.1 Å². The molecule has 1 saturated heterocycles. The van der Waals surface area contributed by atoms with Crippen molar-refractivity contribution < 1.29 is 27.2 Å². The van der Waals surface area contributed by atoms with E-state index in [1.165, 1.54) is 18.2 Å². The molecule has 0 spiro atoms. The molecule has 0 aliphatic carbocycles. The van der Waals surface area contributed by atoms with Crippen LogP contribution in [0.4, 0.5) is 13.2 Å². The number of hydrogen-bond donors (Lipinski definition) is 0. The van der Waals surface area contributed by atoms with Gasteiger partial charge in [-0.3, -0.25) is 0 Å². The van der Waals surface area contributed by atoms with Crippen molar-refractivity contribution in [1.82, 2.24) is 0 Å². The number of benzene rings is 2. The molecule has 0 saturated carbocycles. The average molecular weight is 389 g/mol. The summed E-state index contributed by atoms with van der Waals surface area (Å²) in [4.78, 5) is 0. The standard InChI is InChI=1S/C20H19BF3NO3/c1-18(2)19(3,4)28-21(27-18)15-8-9-17(13(10-15)12-25)26-16-7-5-6-14(11-16)20(22,23)24/h5-11H,1-4H3. The van der Waals surface area contributed by atoms with Gasteiger partial charge in [-0.25, -0.2) is 0 Å². The van der Waals surface area contributed by atoms with E-state index in [-0.39, 0.29) is 17.1 Å². The second-order valence-electron chi connectivity index (χ2n) is 7.58. The first kappa shape index (κ1) is 20.2. The fraction of sp³-hybridized carbons (Fsp3) is 0.350. The van der Waals surface area contributed by atoms with Crippen LogP contribution in [0.5, 0.6) is 11.5 Å². The Balaban J connectivity index is 1.87. The highest BCUT2D eigenvalue weighted by Gasteiger charge is 2.51. The van der Waals surface area contributed by atoms with E-state index in [1.807, 2.05) is 33.8 Å². The summed E-state index contributed by atoms with van der Waals surface area (Å²) in [6.45, 7) is 7.68. The van der Waals surface area contributed by atoms with Crippen molar-refractivity contribution >= 4 is 12.6 Å². The summed E-state index contributed by atoms with van der Waals surface area (Å²) in [6.07, 6.45) is -4.47. The van der Waals surface area contributed by atoms with Crippen LogP contribution in [0, 0.1) is 11.3 Å². The first-order chi connectivity index (χ1) is 12.9. The predicted octanol–water partition coefficient (Wildman–Crippen LogP) is 4.67. The number of hydrogen-bond acceptors (Lipinski definition) is 4. The molecule has 1 heterocycles. The van der Waals surface area contributed by atoms with Gasteiger partial charge in [-0.15, -0.1) is 0 Å². The molecule has 8 heteroatoms. The zero-order valence-electron chi connectivity index (χ0n) is 15.9. The van der Waals surface area contributed by atoms with E-state index < -0.39 is 30.1 Å². The Kier molecular flexibility index (Phi) is 4.94. The Labute approximate surface area is 162 Å². The van der Waals surface area contributed by atoms with Gasteiger partial charge in [0.05, 0.1) is 22.3 Å². The topological polar surface area (TPSA) is 51.5 Å². The van der Waals surface area contributed by atoms with Gasteiger partial charge in [-0.2, -0.15) is 18.4 Å². The molecule has 0 aromatic heterocycles. The molecule has 4 nitrogen and oxygen atoms in total. The average Bonchev–Trinajstić information content (AvgIpc) is 2.82. The lowest BCUT2D eigenvalue weighted by atomic mass is 9.78. The van der Waals surface area contributed by atoms with Gasteiger partial charge in [-0.05, 0) is 63.5 Å². The van der Waals surface area contributed by atoms with E-state index >= 15 is 0 Å². The Hall–Kier alpha value is -2.50. The summed E-state index contributed by atoms with van der Waals surface area (Å²) >= 11 is 0. The van der Waals surface area contributed by atoms with E-state index in [0.717, 1.165) is 12.1 Å². The monoisotopic (exact) mass is 389 g/mol. The molecular weight excluding hydrogens is 370 g/mol. The smallest absolute Gasteiger partial charge is 0.456 e. The van der Waals surface area contributed by atoms with Gasteiger partial charge in [0.25, 0.3) is 0 Å². The zero-order chi connectivity index (χ0) is 20.7. The zero-order valence-corrected chi connectivity index (χ0v) is 15.9. The third-order valence-electron chi connectivity index (χ3n) is 5.04. The number of ether oxygens (including phenoxy) is 1. The van der Waals surface area contributed by atoms with E-state index in [9.17, 15) is 18.4 Å². The van der Waals surface area contributed by atoms with Crippen molar-refractivity contribution in [2.75, 3.05) is 0 Å². The highest BCUT2D eigenvalue weighted by atomic mass is 19.4. The lowest BCUT2D eigenvalue weighted by Gasteiger charge is -2.32. The van der Waals surface area contributed by atoms with Crippen molar-refractivity contribution in [1.29, 1.82) is 5.26 Å². The van der Waals surface area contributed by atoms with Gasteiger partial charge in [0, 0.05) is 0 Å². The number of rotatable bonds is 3. The van der Waals surface area contributed by atoms with Crippen molar-refractivity contribution in [2.45, 2.75) is 45.1 Å². The van der Waals surface area contributed by atoms with Crippen molar-refractivity contribution in [3.8, 4) is 17.6 Å². The van der Waals surface area contributed by atoms with Crippen LogP contribution in [0.3, 0.4) is 0 Å². The van der Waals surface area contributed by atoms with Crippen LogP contribution in [0.25, 0.3) is 0 Å². The molecule has 0 amide bonds. The molecule has 1 fully saturated rings. The molecule has 0 N–H and O–H groups in total. The first-order valence-corrected chi connectivity index (χ1v) is 8.68.